The minimum Gasteiger partial charge on any atom is -0.382 e. The number of aromatic nitrogens is 5. The molecule has 2 amide bonds. The first-order valence-electron chi connectivity index (χ1n) is 13.4. The molecule has 12 heteroatoms. The normalized spacial score (nSPS) is 11.6. The molecule has 0 fully saturated rings. The zero-order valence-electron chi connectivity index (χ0n) is 23.9. The predicted octanol–water partition coefficient (Wildman–Crippen LogP) is 5.41. The van der Waals surface area contributed by atoms with Crippen LogP contribution in [0.3, 0.4) is 0 Å². The number of amides is 2. The van der Waals surface area contributed by atoms with Gasteiger partial charge in [0.2, 0.25) is 0 Å². The van der Waals surface area contributed by atoms with Crippen molar-refractivity contribution in [3.05, 3.63) is 84.2 Å². The quantitative estimate of drug-likeness (QED) is 0.201. The lowest BCUT2D eigenvalue weighted by Crippen LogP contribution is -2.21. The van der Waals surface area contributed by atoms with Crippen molar-refractivity contribution in [2.24, 2.45) is 0 Å². The average Bonchev–Trinajstić information content (AvgIpc) is 3.54. The summed E-state index contributed by atoms with van der Waals surface area (Å²) >= 11 is 0. The van der Waals surface area contributed by atoms with Gasteiger partial charge in [-0.1, -0.05) is 32.9 Å². The number of carbonyl (C=O) groups is 1. The number of anilines is 3. The molecule has 5 aromatic rings. The second-order valence-corrected chi connectivity index (χ2v) is 10.7. The number of halogens is 1. The van der Waals surface area contributed by atoms with Gasteiger partial charge in [-0.15, -0.1) is 0 Å². The molecule has 0 spiro atoms. The van der Waals surface area contributed by atoms with Crippen LogP contribution in [0, 0.1) is 5.82 Å². The predicted molar refractivity (Wildman–Crippen MR) is 159 cm³/mol. The molecule has 0 aliphatic heterocycles. The summed E-state index contributed by atoms with van der Waals surface area (Å²) in [6.07, 6.45) is 3.27. The lowest BCUT2D eigenvalue weighted by molar-refractivity contribution is 0.0618. The number of benzene rings is 2. The minimum atomic E-state index is -0.453. The summed E-state index contributed by atoms with van der Waals surface area (Å²) in [6, 6.07) is 14.6. The van der Waals surface area contributed by atoms with E-state index in [9.17, 15) is 9.18 Å². The molecule has 11 nitrogen and oxygen atoms in total. The Hall–Kier alpha value is -4.81. The third kappa shape index (κ3) is 6.24. The number of nitrogens with two attached hydrogens (primary N) is 1. The molecular weight excluding hydrogens is 539 g/mol. The van der Waals surface area contributed by atoms with Crippen LogP contribution in [-0.2, 0) is 21.5 Å². The Morgan fingerprint density at radius 1 is 1.05 bits per heavy atom. The van der Waals surface area contributed by atoms with E-state index in [-0.39, 0.29) is 11.2 Å². The van der Waals surface area contributed by atoms with Crippen LogP contribution < -0.4 is 16.4 Å². The van der Waals surface area contributed by atoms with Crippen molar-refractivity contribution in [2.45, 2.75) is 32.8 Å². The Labute approximate surface area is 242 Å². The third-order valence-electron chi connectivity index (χ3n) is 6.59. The van der Waals surface area contributed by atoms with Gasteiger partial charge in [0.15, 0.2) is 5.82 Å². The molecule has 3 aromatic heterocycles. The standard InChI is InChI=1S/C30H33FN8O3/c1-30(2,3)24-15-25(39(37-24)23-11-7-21(31)8-12-23)36-29(40)35-22-9-5-19(6-10-22)26-20(17-42-14-13-41-4)16-38-27(26)28(32)33-18-34-38/h5-12,15-16,18H,13-14,17H2,1-4H3,(H2,32,33,34)(H2,35,36,40). The Balaban J connectivity index is 1.37. The molecule has 0 aliphatic rings. The maximum absolute atomic E-state index is 13.5. The number of fused-ring (bicyclic) bond motifs is 1. The number of methoxy groups -OCH3 is 1. The number of nitrogen functional groups attached to an aromatic ring is 1. The molecule has 5 rings (SSSR count). The van der Waals surface area contributed by atoms with Gasteiger partial charge in [-0.05, 0) is 42.0 Å². The molecule has 42 heavy (non-hydrogen) atoms. The van der Waals surface area contributed by atoms with Crippen molar-refractivity contribution >= 4 is 28.9 Å². The average molecular weight is 573 g/mol. The van der Waals surface area contributed by atoms with Crippen molar-refractivity contribution in [1.29, 1.82) is 0 Å². The first-order chi connectivity index (χ1) is 20.1. The van der Waals surface area contributed by atoms with Gasteiger partial charge in [-0.25, -0.2) is 23.4 Å². The van der Waals surface area contributed by atoms with Gasteiger partial charge in [0.1, 0.15) is 23.5 Å². The lowest BCUT2D eigenvalue weighted by atomic mass is 9.92. The van der Waals surface area contributed by atoms with Gasteiger partial charge < -0.3 is 20.5 Å². The smallest absolute Gasteiger partial charge is 0.324 e. The second-order valence-electron chi connectivity index (χ2n) is 10.7. The van der Waals surface area contributed by atoms with Gasteiger partial charge in [0.05, 0.1) is 31.2 Å². The SMILES string of the molecule is COCCOCc1cn2ncnc(N)c2c1-c1ccc(NC(=O)Nc2cc(C(C)(C)C)nn2-c2ccc(F)cc2)cc1. The van der Waals surface area contributed by atoms with Gasteiger partial charge in [0, 0.05) is 41.6 Å². The monoisotopic (exact) mass is 572 g/mol. The fourth-order valence-electron chi connectivity index (χ4n) is 4.46. The van der Waals surface area contributed by atoms with E-state index >= 15 is 0 Å². The number of nitrogens with zero attached hydrogens (tertiary/aromatic N) is 5. The Kier molecular flexibility index (Phi) is 8.18. The summed E-state index contributed by atoms with van der Waals surface area (Å²) in [4.78, 5) is 17.2. The Bertz CT molecular complexity index is 1690. The van der Waals surface area contributed by atoms with Crippen LogP contribution >= 0.6 is 0 Å². The van der Waals surface area contributed by atoms with E-state index < -0.39 is 6.03 Å². The molecule has 2 aromatic carbocycles. The van der Waals surface area contributed by atoms with Crippen molar-refractivity contribution in [3.8, 4) is 16.8 Å². The molecule has 0 aliphatic carbocycles. The number of ether oxygens (including phenoxy) is 2. The second kappa shape index (κ2) is 12.0. The summed E-state index contributed by atoms with van der Waals surface area (Å²) in [7, 11) is 1.62. The maximum Gasteiger partial charge on any atom is 0.324 e. The van der Waals surface area contributed by atoms with Crippen molar-refractivity contribution in [3.63, 3.8) is 0 Å². The number of carbonyl (C=O) groups excluding carboxylic acids is 1. The molecular formula is C30H33FN8O3. The molecule has 0 atom stereocenters. The molecule has 218 valence electrons. The van der Waals surface area contributed by atoms with Gasteiger partial charge in [-0.3, -0.25) is 5.32 Å². The van der Waals surface area contributed by atoms with Crippen LogP contribution in [-0.4, -0.2) is 50.7 Å². The van der Waals surface area contributed by atoms with Crippen LogP contribution in [0.25, 0.3) is 22.3 Å². The molecule has 0 unspecified atom stereocenters. The fraction of sp³-hybridized carbons (Fsp3) is 0.267. The van der Waals surface area contributed by atoms with Crippen molar-refractivity contribution in [2.75, 3.05) is 36.7 Å². The Morgan fingerprint density at radius 2 is 1.79 bits per heavy atom. The number of nitrogens with one attached hydrogen (secondary N) is 2. The first-order valence-corrected chi connectivity index (χ1v) is 13.4. The largest absolute Gasteiger partial charge is 0.382 e. The summed E-state index contributed by atoms with van der Waals surface area (Å²) in [5.74, 6) is 0.443. The highest BCUT2D eigenvalue weighted by atomic mass is 19.1. The van der Waals surface area contributed by atoms with E-state index in [1.165, 1.54) is 18.5 Å². The van der Waals surface area contributed by atoms with E-state index in [1.807, 2.05) is 45.2 Å². The van der Waals surface area contributed by atoms with Gasteiger partial charge in [0.25, 0.3) is 0 Å². The maximum atomic E-state index is 13.5. The van der Waals surface area contributed by atoms with Gasteiger partial charge >= 0.3 is 6.03 Å². The highest BCUT2D eigenvalue weighted by molar-refractivity contribution is 6.00. The highest BCUT2D eigenvalue weighted by Gasteiger charge is 2.22. The summed E-state index contributed by atoms with van der Waals surface area (Å²) < 4.78 is 27.7. The molecule has 0 bridgehead atoms. The van der Waals surface area contributed by atoms with Crippen LogP contribution in [0.4, 0.5) is 26.5 Å². The third-order valence-corrected chi connectivity index (χ3v) is 6.59. The topological polar surface area (TPSA) is 134 Å². The van der Waals surface area contributed by atoms with E-state index in [1.54, 1.807) is 40.6 Å². The Morgan fingerprint density at radius 3 is 2.48 bits per heavy atom. The molecule has 0 saturated carbocycles. The number of hydrogen-bond donors (Lipinski definition) is 3. The van der Waals surface area contributed by atoms with E-state index in [4.69, 9.17) is 15.2 Å². The van der Waals surface area contributed by atoms with Crippen LogP contribution in [0.1, 0.15) is 32.0 Å². The summed E-state index contributed by atoms with van der Waals surface area (Å²) in [5, 5.41) is 14.7. The number of hydrogen-bond acceptors (Lipinski definition) is 7. The van der Waals surface area contributed by atoms with Crippen LogP contribution in [0.5, 0.6) is 0 Å². The minimum absolute atomic E-state index is 0.265. The van der Waals surface area contributed by atoms with Crippen molar-refractivity contribution in [1.82, 2.24) is 24.4 Å². The van der Waals surface area contributed by atoms with E-state index in [2.05, 4.69) is 25.8 Å². The highest BCUT2D eigenvalue weighted by Crippen LogP contribution is 2.33. The van der Waals surface area contributed by atoms with E-state index in [0.717, 1.165) is 22.4 Å². The van der Waals surface area contributed by atoms with Crippen molar-refractivity contribution < 1.29 is 18.7 Å². The summed E-state index contributed by atoms with van der Waals surface area (Å²) in [5.41, 5.74) is 11.2. The van der Waals surface area contributed by atoms with E-state index in [0.29, 0.717) is 48.3 Å². The molecule has 3 heterocycles. The molecule has 0 saturated heterocycles. The fourth-order valence-corrected chi connectivity index (χ4v) is 4.46. The number of rotatable bonds is 9. The molecule has 0 radical (unpaired) electrons. The molecule has 4 N–H and O–H groups in total. The lowest BCUT2D eigenvalue weighted by Gasteiger charge is -2.14. The van der Waals surface area contributed by atoms with Crippen LogP contribution in [0.2, 0.25) is 0 Å². The zero-order valence-corrected chi connectivity index (χ0v) is 23.9. The number of urea groups is 1. The van der Waals surface area contributed by atoms with Gasteiger partial charge in [-0.2, -0.15) is 10.2 Å². The first kappa shape index (κ1) is 28.7. The van der Waals surface area contributed by atoms with Crippen LogP contribution in [0.15, 0.2) is 67.1 Å². The zero-order chi connectivity index (χ0) is 29.9. The summed E-state index contributed by atoms with van der Waals surface area (Å²) in [6.45, 7) is 7.35.